The number of nitrogens with zero attached hydrogens (tertiary/aromatic N) is 1. The number of aryl methyl sites for hydroxylation is 1. The third-order valence-corrected chi connectivity index (χ3v) is 3.03. The van der Waals surface area contributed by atoms with E-state index in [0.29, 0.717) is 6.42 Å². The smallest absolute Gasteiger partial charge is 0.322 e. The number of nitrogens with two attached hydrogens (primary N) is 1. The highest BCUT2D eigenvalue weighted by atomic mass is 32.2. The molecule has 0 aliphatic rings. The monoisotopic (exact) mass is 244 g/mol. The van der Waals surface area contributed by atoms with Gasteiger partial charge in [-0.25, -0.2) is 0 Å². The zero-order valence-electron chi connectivity index (χ0n) is 9.43. The van der Waals surface area contributed by atoms with E-state index < -0.39 is 6.04 Å². The Balaban J connectivity index is 2.14. The van der Waals surface area contributed by atoms with Crippen molar-refractivity contribution in [2.45, 2.75) is 25.1 Å². The summed E-state index contributed by atoms with van der Waals surface area (Å²) in [5.41, 5.74) is 6.50. The van der Waals surface area contributed by atoms with E-state index in [0.717, 1.165) is 23.0 Å². The van der Waals surface area contributed by atoms with Gasteiger partial charge in [-0.15, -0.1) is 0 Å². The van der Waals surface area contributed by atoms with Crippen molar-refractivity contribution < 1.29 is 14.1 Å². The normalized spacial score (nSPS) is 12.4. The molecule has 1 unspecified atom stereocenters. The maximum Gasteiger partial charge on any atom is 0.322 e. The molecule has 90 valence electrons. The maximum atomic E-state index is 11.0. The lowest BCUT2D eigenvalue weighted by atomic mass is 10.2. The van der Waals surface area contributed by atoms with Crippen LogP contribution in [0.5, 0.6) is 0 Å². The lowest BCUT2D eigenvalue weighted by molar-refractivity contribution is -0.142. The van der Waals surface area contributed by atoms with Gasteiger partial charge in [0.15, 0.2) is 0 Å². The number of methoxy groups -OCH3 is 1. The molecule has 0 bridgehead atoms. The van der Waals surface area contributed by atoms with Crippen molar-refractivity contribution >= 4 is 17.7 Å². The van der Waals surface area contributed by atoms with E-state index >= 15 is 0 Å². The highest BCUT2D eigenvalue weighted by Crippen LogP contribution is 2.13. The molecule has 16 heavy (non-hydrogen) atoms. The molecular formula is C10H16N2O3S. The first-order chi connectivity index (χ1) is 7.63. The Hall–Kier alpha value is -1.01. The SMILES string of the molecule is COC(=O)C(N)CCSCc1cc(C)on1. The number of hydrogen-bond donors (Lipinski definition) is 1. The fourth-order valence-corrected chi connectivity index (χ4v) is 2.05. The molecule has 1 rings (SSSR count). The van der Waals surface area contributed by atoms with Gasteiger partial charge < -0.3 is 15.0 Å². The molecule has 1 aromatic heterocycles. The minimum atomic E-state index is -0.531. The molecule has 0 radical (unpaired) electrons. The number of ether oxygens (including phenoxy) is 1. The van der Waals surface area contributed by atoms with Crippen LogP contribution in [0.15, 0.2) is 10.6 Å². The van der Waals surface area contributed by atoms with Crippen molar-refractivity contribution in [3.05, 3.63) is 17.5 Å². The van der Waals surface area contributed by atoms with Crippen LogP contribution in [-0.2, 0) is 15.3 Å². The van der Waals surface area contributed by atoms with E-state index in [4.69, 9.17) is 10.3 Å². The van der Waals surface area contributed by atoms with Crippen LogP contribution in [0.3, 0.4) is 0 Å². The van der Waals surface area contributed by atoms with Gasteiger partial charge in [-0.1, -0.05) is 5.16 Å². The minimum Gasteiger partial charge on any atom is -0.468 e. The molecule has 0 aliphatic carbocycles. The first-order valence-corrected chi connectivity index (χ1v) is 6.12. The second-order valence-electron chi connectivity index (χ2n) is 3.40. The van der Waals surface area contributed by atoms with E-state index in [1.807, 2.05) is 13.0 Å². The summed E-state index contributed by atoms with van der Waals surface area (Å²) >= 11 is 1.67. The van der Waals surface area contributed by atoms with Gasteiger partial charge in [-0.05, 0) is 19.1 Å². The summed E-state index contributed by atoms with van der Waals surface area (Å²) < 4.78 is 9.47. The predicted octanol–water partition coefficient (Wildman–Crippen LogP) is 1.11. The van der Waals surface area contributed by atoms with Crippen LogP contribution in [0.2, 0.25) is 0 Å². The number of thioether (sulfide) groups is 1. The Bertz CT molecular complexity index is 341. The molecule has 5 nitrogen and oxygen atoms in total. The Kier molecular flexibility index (Phi) is 5.34. The van der Waals surface area contributed by atoms with Gasteiger partial charge in [0.1, 0.15) is 11.8 Å². The average Bonchev–Trinajstić information content (AvgIpc) is 2.69. The van der Waals surface area contributed by atoms with E-state index in [1.165, 1.54) is 7.11 Å². The average molecular weight is 244 g/mol. The van der Waals surface area contributed by atoms with E-state index in [-0.39, 0.29) is 5.97 Å². The summed E-state index contributed by atoms with van der Waals surface area (Å²) in [4.78, 5) is 11.0. The Labute approximate surface area is 98.7 Å². The standard InChI is InChI=1S/C10H16N2O3S/c1-7-5-8(12-15-7)6-16-4-3-9(11)10(13)14-2/h5,9H,3-4,6,11H2,1-2H3. The van der Waals surface area contributed by atoms with Gasteiger partial charge in [0.25, 0.3) is 0 Å². The van der Waals surface area contributed by atoms with Crippen LogP contribution < -0.4 is 5.73 Å². The zero-order valence-corrected chi connectivity index (χ0v) is 10.3. The van der Waals surface area contributed by atoms with Crippen molar-refractivity contribution in [1.82, 2.24) is 5.16 Å². The highest BCUT2D eigenvalue weighted by Gasteiger charge is 2.12. The van der Waals surface area contributed by atoms with Gasteiger partial charge in [-0.2, -0.15) is 11.8 Å². The molecule has 1 aromatic rings. The Morgan fingerprint density at radius 3 is 3.06 bits per heavy atom. The predicted molar refractivity (Wildman–Crippen MR) is 62.0 cm³/mol. The number of carbonyl (C=O) groups excluding carboxylic acids is 1. The molecule has 0 amide bonds. The quantitative estimate of drug-likeness (QED) is 0.596. The molecule has 0 saturated heterocycles. The Morgan fingerprint density at radius 2 is 2.50 bits per heavy atom. The molecule has 1 atom stereocenters. The number of aromatic nitrogens is 1. The van der Waals surface area contributed by atoms with Crippen LogP contribution >= 0.6 is 11.8 Å². The van der Waals surface area contributed by atoms with Gasteiger partial charge in [-0.3, -0.25) is 4.79 Å². The molecule has 0 fully saturated rings. The summed E-state index contributed by atoms with van der Waals surface area (Å²) in [6, 6.07) is 1.37. The van der Waals surface area contributed by atoms with Crippen molar-refractivity contribution in [2.75, 3.05) is 12.9 Å². The molecule has 0 spiro atoms. The molecule has 0 aromatic carbocycles. The zero-order chi connectivity index (χ0) is 12.0. The van der Waals surface area contributed by atoms with Crippen molar-refractivity contribution in [3.8, 4) is 0 Å². The molecular weight excluding hydrogens is 228 g/mol. The number of esters is 1. The fourth-order valence-electron chi connectivity index (χ4n) is 1.14. The van der Waals surface area contributed by atoms with Crippen LogP contribution in [0.25, 0.3) is 0 Å². The van der Waals surface area contributed by atoms with Crippen molar-refractivity contribution in [3.63, 3.8) is 0 Å². The highest BCUT2D eigenvalue weighted by molar-refractivity contribution is 7.98. The second-order valence-corrected chi connectivity index (χ2v) is 4.50. The van der Waals surface area contributed by atoms with Gasteiger partial charge >= 0.3 is 5.97 Å². The topological polar surface area (TPSA) is 78.4 Å². The molecule has 6 heteroatoms. The largest absolute Gasteiger partial charge is 0.468 e. The number of carbonyl (C=O) groups is 1. The first kappa shape index (κ1) is 13.1. The third-order valence-electron chi connectivity index (χ3n) is 2.00. The third kappa shape index (κ3) is 4.24. The first-order valence-electron chi connectivity index (χ1n) is 4.97. The molecule has 2 N–H and O–H groups in total. The molecule has 1 heterocycles. The summed E-state index contributed by atoms with van der Waals surface area (Å²) in [5, 5.41) is 3.87. The van der Waals surface area contributed by atoms with Crippen LogP contribution in [-0.4, -0.2) is 30.0 Å². The summed E-state index contributed by atoms with van der Waals surface area (Å²) in [6.45, 7) is 1.86. The van der Waals surface area contributed by atoms with Gasteiger partial charge in [0.2, 0.25) is 0 Å². The van der Waals surface area contributed by atoms with E-state index in [2.05, 4.69) is 9.89 Å². The van der Waals surface area contributed by atoms with E-state index in [9.17, 15) is 4.79 Å². The summed E-state index contributed by atoms with van der Waals surface area (Å²) in [5.74, 6) is 2.01. The van der Waals surface area contributed by atoms with E-state index in [1.54, 1.807) is 11.8 Å². The molecule has 0 aliphatic heterocycles. The minimum absolute atomic E-state index is 0.363. The molecule has 0 saturated carbocycles. The van der Waals surface area contributed by atoms with Crippen molar-refractivity contribution in [1.29, 1.82) is 0 Å². The lowest BCUT2D eigenvalue weighted by Crippen LogP contribution is -2.31. The van der Waals surface area contributed by atoms with Crippen molar-refractivity contribution in [2.24, 2.45) is 5.73 Å². The lowest BCUT2D eigenvalue weighted by Gasteiger charge is -2.07. The summed E-state index contributed by atoms with van der Waals surface area (Å²) in [6.07, 6.45) is 0.605. The van der Waals surface area contributed by atoms with Crippen LogP contribution in [0.1, 0.15) is 17.9 Å². The summed E-state index contributed by atoms with van der Waals surface area (Å²) in [7, 11) is 1.34. The van der Waals surface area contributed by atoms with Gasteiger partial charge in [0.05, 0.1) is 12.8 Å². The van der Waals surface area contributed by atoms with Crippen LogP contribution in [0, 0.1) is 6.92 Å². The number of hydrogen-bond acceptors (Lipinski definition) is 6. The maximum absolute atomic E-state index is 11.0. The van der Waals surface area contributed by atoms with Gasteiger partial charge in [0, 0.05) is 11.8 Å². The van der Waals surface area contributed by atoms with Crippen LogP contribution in [0.4, 0.5) is 0 Å². The number of rotatable bonds is 6. The Morgan fingerprint density at radius 1 is 1.75 bits per heavy atom. The second kappa shape index (κ2) is 6.55. The fraction of sp³-hybridized carbons (Fsp3) is 0.600.